The highest BCUT2D eigenvalue weighted by Crippen LogP contribution is 2.16. The van der Waals surface area contributed by atoms with Gasteiger partial charge >= 0.3 is 5.97 Å². The number of hydrogen-bond acceptors (Lipinski definition) is 5. The Hall–Kier alpha value is -4.39. The molecule has 2 amide bonds. The molecule has 3 aromatic carbocycles. The van der Waals surface area contributed by atoms with Crippen LogP contribution < -0.4 is 15.4 Å². The van der Waals surface area contributed by atoms with Gasteiger partial charge in [-0.1, -0.05) is 30.3 Å². The van der Waals surface area contributed by atoms with E-state index < -0.39 is 17.8 Å². The molecule has 0 atom stereocenters. The van der Waals surface area contributed by atoms with Crippen LogP contribution >= 0.6 is 0 Å². The molecular formula is C26H24N2O5. The summed E-state index contributed by atoms with van der Waals surface area (Å²) >= 11 is 0. The van der Waals surface area contributed by atoms with E-state index in [0.29, 0.717) is 28.1 Å². The molecule has 0 bridgehead atoms. The maximum atomic E-state index is 13.0. The van der Waals surface area contributed by atoms with Gasteiger partial charge in [0.15, 0.2) is 0 Å². The highest BCUT2D eigenvalue weighted by Gasteiger charge is 2.15. The van der Waals surface area contributed by atoms with E-state index in [-0.39, 0.29) is 12.3 Å². The standard InChI is InChI=1S/C26H24N2O5/c1-3-33-26(31)20-11-13-21(14-12-20)27-25(30)23(17-18-9-15-22(32-2)16-10-18)28-24(29)19-7-5-4-6-8-19/h4-17H,3H2,1-2H3,(H,27,30)(H,28,29). The number of ether oxygens (including phenoxy) is 2. The first-order chi connectivity index (χ1) is 16.0. The summed E-state index contributed by atoms with van der Waals surface area (Å²) in [5, 5.41) is 5.42. The van der Waals surface area contributed by atoms with Crippen molar-refractivity contribution < 1.29 is 23.9 Å². The van der Waals surface area contributed by atoms with Crippen molar-refractivity contribution in [1.29, 1.82) is 0 Å². The predicted molar refractivity (Wildman–Crippen MR) is 126 cm³/mol. The van der Waals surface area contributed by atoms with Crippen LogP contribution in [0.4, 0.5) is 5.69 Å². The average Bonchev–Trinajstić information content (AvgIpc) is 2.85. The number of carbonyl (C=O) groups is 3. The van der Waals surface area contributed by atoms with E-state index in [4.69, 9.17) is 9.47 Å². The van der Waals surface area contributed by atoms with E-state index in [1.165, 1.54) is 0 Å². The minimum absolute atomic E-state index is 0.0588. The first-order valence-corrected chi connectivity index (χ1v) is 10.3. The summed E-state index contributed by atoms with van der Waals surface area (Å²) in [6.45, 7) is 2.00. The van der Waals surface area contributed by atoms with E-state index in [1.807, 2.05) is 0 Å². The number of hydrogen-bond donors (Lipinski definition) is 2. The molecule has 0 spiro atoms. The Balaban J connectivity index is 1.82. The molecule has 0 saturated carbocycles. The van der Waals surface area contributed by atoms with E-state index >= 15 is 0 Å². The lowest BCUT2D eigenvalue weighted by Crippen LogP contribution is -2.30. The van der Waals surface area contributed by atoms with Crippen molar-refractivity contribution >= 4 is 29.5 Å². The Morgan fingerprint density at radius 3 is 2.12 bits per heavy atom. The third-order valence-corrected chi connectivity index (χ3v) is 4.61. The molecule has 0 aromatic heterocycles. The highest BCUT2D eigenvalue weighted by atomic mass is 16.5. The van der Waals surface area contributed by atoms with Crippen LogP contribution in [0, 0.1) is 0 Å². The molecule has 168 valence electrons. The molecule has 3 aromatic rings. The van der Waals surface area contributed by atoms with Crippen molar-refractivity contribution in [2.24, 2.45) is 0 Å². The van der Waals surface area contributed by atoms with E-state index in [0.717, 1.165) is 0 Å². The van der Waals surface area contributed by atoms with Gasteiger partial charge in [-0.25, -0.2) is 4.79 Å². The lowest BCUT2D eigenvalue weighted by Gasteiger charge is -2.12. The number of nitrogens with one attached hydrogen (secondary N) is 2. The van der Waals surface area contributed by atoms with Crippen molar-refractivity contribution in [1.82, 2.24) is 5.32 Å². The lowest BCUT2D eigenvalue weighted by atomic mass is 10.1. The van der Waals surface area contributed by atoms with Crippen LogP contribution in [0.3, 0.4) is 0 Å². The van der Waals surface area contributed by atoms with Gasteiger partial charge in [-0.05, 0) is 67.1 Å². The third kappa shape index (κ3) is 6.54. The van der Waals surface area contributed by atoms with Crippen molar-refractivity contribution in [2.45, 2.75) is 6.92 Å². The number of amides is 2. The number of methoxy groups -OCH3 is 1. The van der Waals surface area contributed by atoms with Gasteiger partial charge in [-0.2, -0.15) is 0 Å². The first kappa shape index (κ1) is 23.3. The molecule has 0 aliphatic heterocycles. The summed E-state index contributed by atoms with van der Waals surface area (Å²) in [6.07, 6.45) is 1.57. The number of rotatable bonds is 8. The quantitative estimate of drug-likeness (QED) is 0.400. The van der Waals surface area contributed by atoms with Gasteiger partial charge in [0.25, 0.3) is 11.8 Å². The SMILES string of the molecule is CCOC(=O)c1ccc(NC(=O)C(=Cc2ccc(OC)cc2)NC(=O)c2ccccc2)cc1. The zero-order chi connectivity index (χ0) is 23.6. The molecule has 3 rings (SSSR count). The second kappa shape index (κ2) is 11.3. The van der Waals surface area contributed by atoms with Gasteiger partial charge in [-0.15, -0.1) is 0 Å². The Bertz CT molecular complexity index is 1140. The molecule has 0 aliphatic rings. The molecule has 0 radical (unpaired) electrons. The van der Waals surface area contributed by atoms with Gasteiger partial charge in [0.05, 0.1) is 19.3 Å². The Morgan fingerprint density at radius 2 is 1.52 bits per heavy atom. The highest BCUT2D eigenvalue weighted by molar-refractivity contribution is 6.10. The Kier molecular flexibility index (Phi) is 7.96. The monoisotopic (exact) mass is 444 g/mol. The van der Waals surface area contributed by atoms with Crippen LogP contribution in [0.2, 0.25) is 0 Å². The molecule has 7 heteroatoms. The maximum Gasteiger partial charge on any atom is 0.338 e. The molecule has 7 nitrogen and oxygen atoms in total. The molecule has 0 saturated heterocycles. The van der Waals surface area contributed by atoms with Crippen molar-refractivity contribution in [3.63, 3.8) is 0 Å². The lowest BCUT2D eigenvalue weighted by molar-refractivity contribution is -0.113. The minimum Gasteiger partial charge on any atom is -0.497 e. The number of esters is 1. The molecule has 0 unspecified atom stereocenters. The summed E-state index contributed by atoms with van der Waals surface area (Å²) < 4.78 is 10.1. The van der Waals surface area contributed by atoms with Crippen LogP contribution in [0.5, 0.6) is 5.75 Å². The number of benzene rings is 3. The molecule has 0 fully saturated rings. The van der Waals surface area contributed by atoms with Gasteiger partial charge in [0.1, 0.15) is 11.4 Å². The van der Waals surface area contributed by atoms with Gasteiger partial charge in [0.2, 0.25) is 0 Å². The molecule has 0 aliphatic carbocycles. The summed E-state index contributed by atoms with van der Waals surface area (Å²) in [6, 6.07) is 22.0. The summed E-state index contributed by atoms with van der Waals surface area (Å²) in [5.41, 5.74) is 2.02. The van der Waals surface area contributed by atoms with Crippen LogP contribution in [0.1, 0.15) is 33.2 Å². The number of carbonyl (C=O) groups excluding carboxylic acids is 3. The van der Waals surface area contributed by atoms with Crippen LogP contribution in [0.25, 0.3) is 6.08 Å². The van der Waals surface area contributed by atoms with Crippen molar-refractivity contribution in [2.75, 3.05) is 19.0 Å². The fourth-order valence-electron chi connectivity index (χ4n) is 2.91. The summed E-state index contributed by atoms with van der Waals surface area (Å²) in [4.78, 5) is 37.5. The smallest absolute Gasteiger partial charge is 0.338 e. The maximum absolute atomic E-state index is 13.0. The van der Waals surface area contributed by atoms with Gasteiger partial charge < -0.3 is 20.1 Å². The van der Waals surface area contributed by atoms with E-state index in [2.05, 4.69) is 10.6 Å². The zero-order valence-corrected chi connectivity index (χ0v) is 18.3. The fourth-order valence-corrected chi connectivity index (χ4v) is 2.91. The topological polar surface area (TPSA) is 93.7 Å². The van der Waals surface area contributed by atoms with Crippen molar-refractivity contribution in [3.8, 4) is 5.75 Å². The molecular weight excluding hydrogens is 420 g/mol. The first-order valence-electron chi connectivity index (χ1n) is 10.3. The largest absolute Gasteiger partial charge is 0.497 e. The third-order valence-electron chi connectivity index (χ3n) is 4.61. The second-order valence-corrected chi connectivity index (χ2v) is 6.90. The van der Waals surface area contributed by atoms with Crippen LogP contribution in [-0.4, -0.2) is 31.5 Å². The Labute approximate surface area is 192 Å². The summed E-state index contributed by atoms with van der Waals surface area (Å²) in [7, 11) is 1.57. The van der Waals surface area contributed by atoms with Crippen molar-refractivity contribution in [3.05, 3.63) is 101 Å². The van der Waals surface area contributed by atoms with Gasteiger partial charge in [0, 0.05) is 11.3 Å². The van der Waals surface area contributed by atoms with Crippen LogP contribution in [0.15, 0.2) is 84.6 Å². The predicted octanol–water partition coefficient (Wildman–Crippen LogP) is 4.28. The molecule has 33 heavy (non-hydrogen) atoms. The van der Waals surface area contributed by atoms with Gasteiger partial charge in [-0.3, -0.25) is 9.59 Å². The molecule has 2 N–H and O–H groups in total. The number of anilines is 1. The zero-order valence-electron chi connectivity index (χ0n) is 18.3. The van der Waals surface area contributed by atoms with E-state index in [9.17, 15) is 14.4 Å². The minimum atomic E-state index is -0.515. The molecule has 0 heterocycles. The fraction of sp³-hybridized carbons (Fsp3) is 0.115. The normalized spacial score (nSPS) is 10.8. The van der Waals surface area contributed by atoms with Crippen LogP contribution in [-0.2, 0) is 9.53 Å². The second-order valence-electron chi connectivity index (χ2n) is 6.90. The van der Waals surface area contributed by atoms with E-state index in [1.54, 1.807) is 99.0 Å². The summed E-state index contributed by atoms with van der Waals surface area (Å²) in [5.74, 6) is -0.694. The Morgan fingerprint density at radius 1 is 0.848 bits per heavy atom. The average molecular weight is 444 g/mol.